The van der Waals surface area contributed by atoms with Gasteiger partial charge in [-0.15, -0.1) is 0 Å². The Morgan fingerprint density at radius 2 is 2.33 bits per heavy atom. The summed E-state index contributed by atoms with van der Waals surface area (Å²) in [6.07, 6.45) is 4.24. The molecule has 0 bridgehead atoms. The number of nitrogens with zero attached hydrogens (tertiary/aromatic N) is 1. The first-order chi connectivity index (χ1) is 7.31. The van der Waals surface area contributed by atoms with Gasteiger partial charge in [-0.2, -0.15) is 5.10 Å². The highest BCUT2D eigenvalue weighted by Gasteiger charge is 2.05. The van der Waals surface area contributed by atoms with Crippen LogP contribution in [0.1, 0.15) is 26.7 Å². The largest absolute Gasteiger partial charge is 0.381 e. The number of benzene rings is 1. The van der Waals surface area contributed by atoms with E-state index in [1.165, 1.54) is 12.8 Å². The summed E-state index contributed by atoms with van der Waals surface area (Å²) in [5.74, 6) is 0. The lowest BCUT2D eigenvalue weighted by atomic mass is 10.1. The third-order valence-corrected chi connectivity index (χ3v) is 2.60. The minimum absolute atomic E-state index is 0.504. The van der Waals surface area contributed by atoms with Gasteiger partial charge >= 0.3 is 0 Å². The van der Waals surface area contributed by atoms with Gasteiger partial charge in [0.25, 0.3) is 0 Å². The SMILES string of the molecule is CCC[C@H](C)Nc1cccc2cn[nH]c12. The predicted octanol–water partition coefficient (Wildman–Crippen LogP) is 3.16. The van der Waals surface area contributed by atoms with E-state index >= 15 is 0 Å². The third-order valence-electron chi connectivity index (χ3n) is 2.60. The topological polar surface area (TPSA) is 40.7 Å². The molecule has 3 nitrogen and oxygen atoms in total. The molecular formula is C12H17N3. The number of rotatable bonds is 4. The smallest absolute Gasteiger partial charge is 0.0881 e. The van der Waals surface area contributed by atoms with Crippen molar-refractivity contribution >= 4 is 16.6 Å². The van der Waals surface area contributed by atoms with Crippen molar-refractivity contribution in [1.29, 1.82) is 0 Å². The van der Waals surface area contributed by atoms with Crippen LogP contribution in [0.25, 0.3) is 10.9 Å². The van der Waals surface area contributed by atoms with Gasteiger partial charge in [-0.05, 0) is 19.4 Å². The molecule has 3 heteroatoms. The molecule has 0 saturated heterocycles. The number of aromatic amines is 1. The maximum absolute atomic E-state index is 4.05. The molecule has 2 N–H and O–H groups in total. The van der Waals surface area contributed by atoms with Crippen LogP contribution in [0.4, 0.5) is 5.69 Å². The van der Waals surface area contributed by atoms with Gasteiger partial charge in [-0.25, -0.2) is 0 Å². The summed E-state index contributed by atoms with van der Waals surface area (Å²) in [7, 11) is 0. The Bertz CT molecular complexity index is 433. The molecule has 0 radical (unpaired) electrons. The van der Waals surface area contributed by atoms with Crippen LogP contribution in [-0.2, 0) is 0 Å². The van der Waals surface area contributed by atoms with Gasteiger partial charge < -0.3 is 5.32 Å². The fraction of sp³-hybridized carbons (Fsp3) is 0.417. The Hall–Kier alpha value is -1.51. The van der Waals surface area contributed by atoms with Gasteiger partial charge in [0, 0.05) is 11.4 Å². The number of hydrogen-bond acceptors (Lipinski definition) is 2. The standard InChI is InChI=1S/C12H17N3/c1-3-5-9(2)14-11-7-4-6-10-8-13-15-12(10)11/h4,6-9,14H,3,5H2,1-2H3,(H,13,15)/t9-/m0/s1. The Balaban J connectivity index is 2.23. The molecule has 1 heterocycles. The molecule has 0 aliphatic rings. The molecule has 0 spiro atoms. The molecule has 0 saturated carbocycles. The molecule has 0 aliphatic heterocycles. The van der Waals surface area contributed by atoms with Crippen LogP contribution < -0.4 is 5.32 Å². The van der Waals surface area contributed by atoms with Crippen molar-refractivity contribution < 1.29 is 0 Å². The molecule has 80 valence electrons. The number of H-pyrrole nitrogens is 1. The Morgan fingerprint density at radius 3 is 3.13 bits per heavy atom. The van der Waals surface area contributed by atoms with E-state index in [0.717, 1.165) is 16.6 Å². The lowest BCUT2D eigenvalue weighted by molar-refractivity contribution is 0.691. The fourth-order valence-electron chi connectivity index (χ4n) is 1.86. The number of fused-ring (bicyclic) bond motifs is 1. The van der Waals surface area contributed by atoms with Gasteiger partial charge in [0.15, 0.2) is 0 Å². The quantitative estimate of drug-likeness (QED) is 0.801. The maximum atomic E-state index is 4.05. The van der Waals surface area contributed by atoms with E-state index in [1.807, 2.05) is 6.20 Å². The summed E-state index contributed by atoms with van der Waals surface area (Å²) >= 11 is 0. The van der Waals surface area contributed by atoms with Crippen molar-refractivity contribution in [3.05, 3.63) is 24.4 Å². The molecule has 1 aromatic carbocycles. The first-order valence-corrected chi connectivity index (χ1v) is 5.50. The molecular weight excluding hydrogens is 186 g/mol. The molecule has 2 rings (SSSR count). The summed E-state index contributed by atoms with van der Waals surface area (Å²) in [6.45, 7) is 4.41. The minimum atomic E-state index is 0.504. The lowest BCUT2D eigenvalue weighted by Gasteiger charge is -2.14. The normalized spacial score (nSPS) is 12.9. The van der Waals surface area contributed by atoms with Crippen molar-refractivity contribution in [2.24, 2.45) is 0 Å². The van der Waals surface area contributed by atoms with Gasteiger partial charge in [0.2, 0.25) is 0 Å². The van der Waals surface area contributed by atoms with E-state index in [4.69, 9.17) is 0 Å². The number of nitrogens with one attached hydrogen (secondary N) is 2. The number of hydrogen-bond donors (Lipinski definition) is 2. The van der Waals surface area contributed by atoms with Gasteiger partial charge in [-0.3, -0.25) is 5.10 Å². The van der Waals surface area contributed by atoms with Crippen LogP contribution in [0, 0.1) is 0 Å². The number of para-hydroxylation sites is 1. The van der Waals surface area contributed by atoms with Crippen molar-refractivity contribution in [2.45, 2.75) is 32.7 Å². The second-order valence-electron chi connectivity index (χ2n) is 3.97. The van der Waals surface area contributed by atoms with E-state index < -0.39 is 0 Å². The first kappa shape index (κ1) is 10.0. The highest BCUT2D eigenvalue weighted by molar-refractivity contribution is 5.89. The summed E-state index contributed by atoms with van der Waals surface area (Å²) in [4.78, 5) is 0. The number of anilines is 1. The van der Waals surface area contributed by atoms with Crippen LogP contribution in [-0.4, -0.2) is 16.2 Å². The molecule has 2 aromatic rings. The minimum Gasteiger partial charge on any atom is -0.381 e. The Morgan fingerprint density at radius 1 is 1.47 bits per heavy atom. The van der Waals surface area contributed by atoms with E-state index in [9.17, 15) is 0 Å². The van der Waals surface area contributed by atoms with Crippen molar-refractivity contribution in [3.8, 4) is 0 Å². The fourth-order valence-corrected chi connectivity index (χ4v) is 1.86. The summed E-state index contributed by atoms with van der Waals surface area (Å²) in [6, 6.07) is 6.71. The number of aromatic nitrogens is 2. The van der Waals surface area contributed by atoms with E-state index in [-0.39, 0.29) is 0 Å². The highest BCUT2D eigenvalue weighted by Crippen LogP contribution is 2.21. The molecule has 15 heavy (non-hydrogen) atoms. The van der Waals surface area contributed by atoms with E-state index in [0.29, 0.717) is 6.04 Å². The van der Waals surface area contributed by atoms with Crippen LogP contribution in [0.2, 0.25) is 0 Å². The molecule has 1 atom stereocenters. The summed E-state index contributed by atoms with van der Waals surface area (Å²) in [5.41, 5.74) is 2.24. The molecule has 1 aromatic heterocycles. The third kappa shape index (κ3) is 2.12. The average Bonchev–Trinajstić information content (AvgIpc) is 2.67. The molecule has 0 fully saturated rings. The van der Waals surface area contributed by atoms with E-state index in [2.05, 4.69) is 47.6 Å². The van der Waals surface area contributed by atoms with Crippen LogP contribution in [0.3, 0.4) is 0 Å². The summed E-state index contributed by atoms with van der Waals surface area (Å²) in [5, 5.41) is 11.7. The van der Waals surface area contributed by atoms with Crippen molar-refractivity contribution in [1.82, 2.24) is 10.2 Å². The molecule has 0 aliphatic carbocycles. The lowest BCUT2D eigenvalue weighted by Crippen LogP contribution is -2.14. The summed E-state index contributed by atoms with van der Waals surface area (Å²) < 4.78 is 0. The van der Waals surface area contributed by atoms with E-state index in [1.54, 1.807) is 0 Å². The van der Waals surface area contributed by atoms with Gasteiger partial charge in [0.1, 0.15) is 0 Å². The van der Waals surface area contributed by atoms with Crippen LogP contribution in [0.5, 0.6) is 0 Å². The first-order valence-electron chi connectivity index (χ1n) is 5.50. The Labute approximate surface area is 89.9 Å². The van der Waals surface area contributed by atoms with Gasteiger partial charge in [0.05, 0.1) is 17.4 Å². The average molecular weight is 203 g/mol. The second kappa shape index (κ2) is 4.34. The Kier molecular flexibility index (Phi) is 2.90. The molecule has 0 amide bonds. The van der Waals surface area contributed by atoms with Crippen molar-refractivity contribution in [2.75, 3.05) is 5.32 Å². The van der Waals surface area contributed by atoms with Gasteiger partial charge in [-0.1, -0.05) is 25.5 Å². The maximum Gasteiger partial charge on any atom is 0.0881 e. The molecule has 0 unspecified atom stereocenters. The second-order valence-corrected chi connectivity index (χ2v) is 3.97. The van der Waals surface area contributed by atoms with Crippen LogP contribution >= 0.6 is 0 Å². The predicted molar refractivity (Wildman–Crippen MR) is 64.1 cm³/mol. The zero-order chi connectivity index (χ0) is 10.7. The zero-order valence-corrected chi connectivity index (χ0v) is 9.25. The highest BCUT2D eigenvalue weighted by atomic mass is 15.1. The monoisotopic (exact) mass is 203 g/mol. The van der Waals surface area contributed by atoms with Crippen LogP contribution in [0.15, 0.2) is 24.4 Å². The zero-order valence-electron chi connectivity index (χ0n) is 9.25. The van der Waals surface area contributed by atoms with Crippen molar-refractivity contribution in [3.63, 3.8) is 0 Å².